The second-order valence-corrected chi connectivity index (χ2v) is 5.04. The summed E-state index contributed by atoms with van der Waals surface area (Å²) in [7, 11) is 1.85. The number of aryl methyl sites for hydroxylation is 2. The molecule has 0 spiro atoms. The predicted octanol–water partition coefficient (Wildman–Crippen LogP) is 2.95. The van der Waals surface area contributed by atoms with E-state index in [0.29, 0.717) is 11.6 Å². The highest BCUT2D eigenvalue weighted by molar-refractivity contribution is 6.17. The normalized spacial score (nSPS) is 10.7. The maximum atomic E-state index is 12.4. The maximum Gasteiger partial charge on any atom is 0.271 e. The summed E-state index contributed by atoms with van der Waals surface area (Å²) < 4.78 is 1.79. The molecule has 4 nitrogen and oxygen atoms in total. The van der Waals surface area contributed by atoms with Gasteiger partial charge in [-0.2, -0.15) is 5.10 Å². The molecule has 108 valence electrons. The van der Waals surface area contributed by atoms with E-state index in [9.17, 15) is 4.79 Å². The standard InChI is InChI=1S/C14H24ClN3O/c1-4-12-11-13(18(5-2)16-12)14(19)17(3)10-8-6-7-9-15/h11H,4-10H2,1-3H3. The van der Waals surface area contributed by atoms with E-state index in [1.54, 1.807) is 9.58 Å². The lowest BCUT2D eigenvalue weighted by Crippen LogP contribution is -2.29. The van der Waals surface area contributed by atoms with E-state index < -0.39 is 0 Å². The van der Waals surface area contributed by atoms with Crippen molar-refractivity contribution in [2.45, 2.75) is 46.1 Å². The first-order chi connectivity index (χ1) is 9.13. The summed E-state index contributed by atoms with van der Waals surface area (Å²) in [5, 5.41) is 4.41. The number of nitrogens with zero attached hydrogens (tertiary/aromatic N) is 3. The molecule has 0 saturated carbocycles. The number of unbranched alkanes of at least 4 members (excludes halogenated alkanes) is 2. The molecule has 0 aliphatic carbocycles. The summed E-state index contributed by atoms with van der Waals surface area (Å²) in [6.45, 7) is 5.55. The SMILES string of the molecule is CCc1cc(C(=O)N(C)CCCCCCl)n(CC)n1. The minimum atomic E-state index is 0.0555. The van der Waals surface area contributed by atoms with Crippen molar-refractivity contribution in [3.8, 4) is 0 Å². The first kappa shape index (κ1) is 16.0. The van der Waals surface area contributed by atoms with Crippen LogP contribution in [0.2, 0.25) is 0 Å². The fraction of sp³-hybridized carbons (Fsp3) is 0.714. The first-order valence-electron chi connectivity index (χ1n) is 7.02. The summed E-state index contributed by atoms with van der Waals surface area (Å²) in [5.41, 5.74) is 1.67. The molecule has 1 amide bonds. The molecule has 0 saturated heterocycles. The second-order valence-electron chi connectivity index (χ2n) is 4.67. The van der Waals surface area contributed by atoms with E-state index in [1.165, 1.54) is 0 Å². The van der Waals surface area contributed by atoms with Crippen molar-refractivity contribution < 1.29 is 4.79 Å². The van der Waals surface area contributed by atoms with E-state index in [2.05, 4.69) is 5.10 Å². The van der Waals surface area contributed by atoms with Gasteiger partial charge in [-0.1, -0.05) is 13.3 Å². The topological polar surface area (TPSA) is 38.1 Å². The van der Waals surface area contributed by atoms with Gasteiger partial charge in [0.15, 0.2) is 0 Å². The zero-order valence-electron chi connectivity index (χ0n) is 12.2. The van der Waals surface area contributed by atoms with Crippen molar-refractivity contribution in [3.05, 3.63) is 17.5 Å². The van der Waals surface area contributed by atoms with E-state index in [4.69, 9.17) is 11.6 Å². The third-order valence-corrected chi connectivity index (χ3v) is 3.45. The van der Waals surface area contributed by atoms with Gasteiger partial charge in [-0.05, 0) is 32.3 Å². The lowest BCUT2D eigenvalue weighted by atomic mass is 10.2. The van der Waals surface area contributed by atoms with E-state index in [1.807, 2.05) is 27.0 Å². The first-order valence-corrected chi connectivity index (χ1v) is 7.55. The van der Waals surface area contributed by atoms with Gasteiger partial charge in [0.05, 0.1) is 5.69 Å². The highest BCUT2D eigenvalue weighted by atomic mass is 35.5. The van der Waals surface area contributed by atoms with Crippen molar-refractivity contribution in [1.82, 2.24) is 14.7 Å². The molecule has 5 heteroatoms. The van der Waals surface area contributed by atoms with E-state index >= 15 is 0 Å². The molecule has 1 rings (SSSR count). The van der Waals surface area contributed by atoms with Crippen LogP contribution in [0.25, 0.3) is 0 Å². The lowest BCUT2D eigenvalue weighted by Gasteiger charge is -2.17. The molecule has 0 atom stereocenters. The van der Waals surface area contributed by atoms with Gasteiger partial charge in [0.2, 0.25) is 0 Å². The largest absolute Gasteiger partial charge is 0.340 e. The van der Waals surface area contributed by atoms with Gasteiger partial charge in [-0.15, -0.1) is 11.6 Å². The number of halogens is 1. The molecule has 1 aromatic heterocycles. The van der Waals surface area contributed by atoms with Gasteiger partial charge >= 0.3 is 0 Å². The number of hydrogen-bond acceptors (Lipinski definition) is 2. The van der Waals surface area contributed by atoms with Gasteiger partial charge in [0, 0.05) is 26.0 Å². The molecule has 19 heavy (non-hydrogen) atoms. The number of rotatable bonds is 8. The summed E-state index contributed by atoms with van der Waals surface area (Å²) >= 11 is 5.64. The zero-order valence-corrected chi connectivity index (χ0v) is 12.9. The Hall–Kier alpha value is -1.03. The van der Waals surface area contributed by atoms with Gasteiger partial charge in [0.25, 0.3) is 5.91 Å². The van der Waals surface area contributed by atoms with Crippen molar-refractivity contribution in [2.24, 2.45) is 0 Å². The van der Waals surface area contributed by atoms with Crippen molar-refractivity contribution >= 4 is 17.5 Å². The molecule has 0 unspecified atom stereocenters. The molecule has 1 aromatic rings. The van der Waals surface area contributed by atoms with Crippen LogP contribution < -0.4 is 0 Å². The molecule has 0 N–H and O–H groups in total. The number of amides is 1. The highest BCUT2D eigenvalue weighted by Crippen LogP contribution is 2.09. The molecule has 0 bridgehead atoms. The molecule has 0 aliphatic rings. The number of hydrogen-bond donors (Lipinski definition) is 0. The highest BCUT2D eigenvalue weighted by Gasteiger charge is 2.17. The van der Waals surface area contributed by atoms with E-state index in [0.717, 1.165) is 44.5 Å². The Balaban J connectivity index is 2.62. The van der Waals surface area contributed by atoms with Crippen LogP contribution in [0.4, 0.5) is 0 Å². The third kappa shape index (κ3) is 4.53. The second kappa shape index (κ2) is 8.20. The Bertz CT molecular complexity index is 403. The van der Waals surface area contributed by atoms with Gasteiger partial charge in [-0.3, -0.25) is 9.48 Å². The van der Waals surface area contributed by atoms with Gasteiger partial charge < -0.3 is 4.90 Å². The fourth-order valence-corrected chi connectivity index (χ4v) is 2.16. The Morgan fingerprint density at radius 3 is 2.68 bits per heavy atom. The summed E-state index contributed by atoms with van der Waals surface area (Å²) in [6, 6.07) is 1.90. The third-order valence-electron chi connectivity index (χ3n) is 3.19. The van der Waals surface area contributed by atoms with E-state index in [-0.39, 0.29) is 5.91 Å². The molecule has 1 heterocycles. The lowest BCUT2D eigenvalue weighted by molar-refractivity contribution is 0.0780. The number of aromatic nitrogens is 2. The van der Waals surface area contributed by atoms with Crippen LogP contribution >= 0.6 is 11.6 Å². The van der Waals surface area contributed by atoms with Gasteiger partial charge in [0.1, 0.15) is 5.69 Å². The Labute approximate surface area is 120 Å². The van der Waals surface area contributed by atoms with Crippen LogP contribution in [0, 0.1) is 0 Å². The molecular formula is C14H24ClN3O. The zero-order chi connectivity index (χ0) is 14.3. The number of carbonyl (C=O) groups excluding carboxylic acids is 1. The Morgan fingerprint density at radius 2 is 2.11 bits per heavy atom. The quantitative estimate of drug-likeness (QED) is 0.544. The van der Waals surface area contributed by atoms with Crippen LogP contribution in [0.3, 0.4) is 0 Å². The van der Waals surface area contributed by atoms with Gasteiger partial charge in [-0.25, -0.2) is 0 Å². The Morgan fingerprint density at radius 1 is 1.37 bits per heavy atom. The molecule has 0 aromatic carbocycles. The van der Waals surface area contributed by atoms with Crippen LogP contribution in [0.5, 0.6) is 0 Å². The molecular weight excluding hydrogens is 262 g/mol. The Kier molecular flexibility index (Phi) is 6.92. The minimum Gasteiger partial charge on any atom is -0.340 e. The average Bonchev–Trinajstić information content (AvgIpc) is 2.85. The van der Waals surface area contributed by atoms with Crippen LogP contribution in [0.15, 0.2) is 6.07 Å². The van der Waals surface area contributed by atoms with Crippen molar-refractivity contribution in [3.63, 3.8) is 0 Å². The van der Waals surface area contributed by atoms with Crippen molar-refractivity contribution in [2.75, 3.05) is 19.5 Å². The minimum absolute atomic E-state index is 0.0555. The fourth-order valence-electron chi connectivity index (χ4n) is 1.97. The van der Waals surface area contributed by atoms with Crippen molar-refractivity contribution in [1.29, 1.82) is 0 Å². The van der Waals surface area contributed by atoms with Crippen LogP contribution in [-0.2, 0) is 13.0 Å². The average molecular weight is 286 g/mol. The molecule has 0 aliphatic heterocycles. The number of alkyl halides is 1. The monoisotopic (exact) mass is 285 g/mol. The number of carbonyl (C=O) groups is 1. The summed E-state index contributed by atoms with van der Waals surface area (Å²) in [4.78, 5) is 14.1. The van der Waals surface area contributed by atoms with Crippen LogP contribution in [0.1, 0.15) is 49.3 Å². The summed E-state index contributed by atoms with van der Waals surface area (Å²) in [6.07, 6.45) is 3.92. The molecule has 0 radical (unpaired) electrons. The predicted molar refractivity (Wildman–Crippen MR) is 78.8 cm³/mol. The smallest absolute Gasteiger partial charge is 0.271 e. The van der Waals surface area contributed by atoms with Crippen LogP contribution in [-0.4, -0.2) is 40.1 Å². The maximum absolute atomic E-state index is 12.4. The molecule has 0 fully saturated rings. The summed E-state index contributed by atoms with van der Waals surface area (Å²) in [5.74, 6) is 0.750.